The summed E-state index contributed by atoms with van der Waals surface area (Å²) in [7, 11) is 0. The van der Waals surface area contributed by atoms with Crippen LogP contribution in [-0.2, 0) is 10.8 Å². The Labute approximate surface area is 274 Å². The smallest absolute Gasteiger partial charge is 0.126 e. The molecule has 0 atom stereocenters. The van der Waals surface area contributed by atoms with Crippen molar-refractivity contribution in [2.24, 2.45) is 0 Å². The Morgan fingerprint density at radius 3 is 1.20 bits per heavy atom. The lowest BCUT2D eigenvalue weighted by Crippen LogP contribution is -2.19. The van der Waals surface area contributed by atoms with Crippen LogP contribution in [0.4, 0.5) is 0 Å². The maximum Gasteiger partial charge on any atom is 0.126 e. The molecule has 0 saturated carbocycles. The van der Waals surface area contributed by atoms with Crippen molar-refractivity contribution in [1.29, 1.82) is 0 Å². The number of phenols is 5. The van der Waals surface area contributed by atoms with Crippen LogP contribution in [-0.4, -0.2) is 25.5 Å². The molecule has 0 heterocycles. The van der Waals surface area contributed by atoms with Crippen LogP contribution in [0.1, 0.15) is 79.6 Å². The van der Waals surface area contributed by atoms with Crippen molar-refractivity contribution in [3.05, 3.63) is 136 Å². The molecule has 5 heteroatoms. The van der Waals surface area contributed by atoms with E-state index in [-0.39, 0.29) is 41.3 Å². The van der Waals surface area contributed by atoms with Gasteiger partial charge in [0, 0.05) is 22.0 Å². The van der Waals surface area contributed by atoms with E-state index in [9.17, 15) is 25.5 Å². The molecule has 5 nitrogen and oxygen atoms in total. The third-order valence-electron chi connectivity index (χ3n) is 8.94. The van der Waals surface area contributed by atoms with Gasteiger partial charge in [0.1, 0.15) is 28.7 Å². The summed E-state index contributed by atoms with van der Waals surface area (Å²) in [4.78, 5) is 0. The third-order valence-corrected chi connectivity index (χ3v) is 8.94. The number of aryl methyl sites for hydroxylation is 4. The van der Waals surface area contributed by atoms with Crippen molar-refractivity contribution < 1.29 is 25.5 Å². The molecule has 0 aliphatic carbocycles. The van der Waals surface area contributed by atoms with E-state index in [0.29, 0.717) is 16.9 Å². The molecule has 0 fully saturated rings. The Morgan fingerprint density at radius 1 is 0.391 bits per heavy atom. The van der Waals surface area contributed by atoms with Gasteiger partial charge in [0.2, 0.25) is 0 Å². The lowest BCUT2D eigenvalue weighted by Gasteiger charge is -2.28. The Hall–Kier alpha value is -4.90. The fourth-order valence-corrected chi connectivity index (χ4v) is 5.63. The van der Waals surface area contributed by atoms with Crippen LogP contribution < -0.4 is 0 Å². The number of phenolic OH excluding ortho intramolecular Hbond substituents is 5. The average Bonchev–Trinajstić information content (AvgIpc) is 2.99. The van der Waals surface area contributed by atoms with Gasteiger partial charge < -0.3 is 25.5 Å². The van der Waals surface area contributed by atoms with Gasteiger partial charge in [-0.25, -0.2) is 0 Å². The molecule has 0 radical (unpaired) electrons. The van der Waals surface area contributed by atoms with Gasteiger partial charge in [-0.05, 0) is 103 Å². The number of hydrogen-bond acceptors (Lipinski definition) is 5. The van der Waals surface area contributed by atoms with Crippen molar-refractivity contribution in [3.63, 3.8) is 0 Å². The number of aromatic hydroxyl groups is 5. The van der Waals surface area contributed by atoms with Gasteiger partial charge in [-0.1, -0.05) is 95.8 Å². The lowest BCUT2D eigenvalue weighted by molar-refractivity contribution is 0.464. The summed E-state index contributed by atoms with van der Waals surface area (Å²) in [5.74, 6) is 1.23. The highest BCUT2D eigenvalue weighted by molar-refractivity contribution is 5.78. The van der Waals surface area contributed by atoms with E-state index in [1.54, 1.807) is 24.3 Å². The molecule has 0 aliphatic rings. The summed E-state index contributed by atoms with van der Waals surface area (Å²) in [6, 6.07) is 27.9. The Kier molecular flexibility index (Phi) is 10.5. The standard InChI is InChI=1S/C23H24O3.C17H20O2.CH4/c1-14-6-5-7-19(21(14)25)20-13-17(12-15(2)22(20)26)23(3,4)16-8-10-18(24)11-9-16;1-11-9-14(10-12(2)16(11)19)17(3,4)13-5-7-15(18)8-6-13;/h5-13,24-26H,1-4H3;5-10,18-19H,1-4H3;1H4. The first kappa shape index (κ1) is 35.6. The molecule has 0 amide bonds. The molecule has 242 valence electrons. The molecule has 5 aromatic rings. The highest BCUT2D eigenvalue weighted by Gasteiger charge is 2.26. The summed E-state index contributed by atoms with van der Waals surface area (Å²) in [6.45, 7) is 16.0. The molecule has 5 aromatic carbocycles. The first-order valence-corrected chi connectivity index (χ1v) is 15.1. The van der Waals surface area contributed by atoms with Crippen LogP contribution >= 0.6 is 0 Å². The summed E-state index contributed by atoms with van der Waals surface area (Å²) in [5.41, 5.74) is 8.41. The van der Waals surface area contributed by atoms with Gasteiger partial charge in [0.25, 0.3) is 0 Å². The van der Waals surface area contributed by atoms with E-state index >= 15 is 0 Å². The first-order valence-electron chi connectivity index (χ1n) is 15.1. The van der Waals surface area contributed by atoms with Crippen LogP contribution in [0.2, 0.25) is 0 Å². The highest BCUT2D eigenvalue weighted by Crippen LogP contribution is 2.43. The number of para-hydroxylation sites is 1. The van der Waals surface area contributed by atoms with Crippen molar-refractivity contribution in [1.82, 2.24) is 0 Å². The second-order valence-corrected chi connectivity index (χ2v) is 13.0. The Bertz CT molecular complexity index is 1790. The molecule has 46 heavy (non-hydrogen) atoms. The molecular weight excluding hydrogens is 572 g/mol. The normalized spacial score (nSPS) is 11.3. The van der Waals surface area contributed by atoms with E-state index in [4.69, 9.17) is 0 Å². The van der Waals surface area contributed by atoms with E-state index in [2.05, 4.69) is 27.7 Å². The van der Waals surface area contributed by atoms with Gasteiger partial charge >= 0.3 is 0 Å². The molecule has 0 spiro atoms. The van der Waals surface area contributed by atoms with Crippen LogP contribution in [0.15, 0.2) is 91.0 Å². The molecule has 0 aromatic heterocycles. The van der Waals surface area contributed by atoms with Crippen molar-refractivity contribution >= 4 is 0 Å². The second-order valence-electron chi connectivity index (χ2n) is 13.0. The molecule has 0 bridgehead atoms. The van der Waals surface area contributed by atoms with Crippen LogP contribution in [0.3, 0.4) is 0 Å². The zero-order chi connectivity index (χ0) is 33.3. The number of rotatable bonds is 5. The van der Waals surface area contributed by atoms with Crippen LogP contribution in [0, 0.1) is 27.7 Å². The highest BCUT2D eigenvalue weighted by atomic mass is 16.3. The van der Waals surface area contributed by atoms with Gasteiger partial charge in [-0.3, -0.25) is 0 Å². The van der Waals surface area contributed by atoms with Gasteiger partial charge in [0.05, 0.1) is 0 Å². The minimum Gasteiger partial charge on any atom is -0.508 e. The Balaban J connectivity index is 0.000000257. The fourth-order valence-electron chi connectivity index (χ4n) is 5.63. The largest absolute Gasteiger partial charge is 0.508 e. The van der Waals surface area contributed by atoms with Crippen LogP contribution in [0.25, 0.3) is 11.1 Å². The third kappa shape index (κ3) is 7.15. The van der Waals surface area contributed by atoms with E-state index in [1.807, 2.05) is 94.4 Å². The first-order chi connectivity index (χ1) is 21.0. The summed E-state index contributed by atoms with van der Waals surface area (Å²) in [5, 5.41) is 49.9. The minimum atomic E-state index is -0.333. The molecule has 0 aliphatic heterocycles. The maximum absolute atomic E-state index is 10.6. The Morgan fingerprint density at radius 2 is 0.761 bits per heavy atom. The molecule has 5 rings (SSSR count). The molecular formula is C41H48O5. The molecule has 0 saturated heterocycles. The predicted molar refractivity (Wildman–Crippen MR) is 189 cm³/mol. The topological polar surface area (TPSA) is 101 Å². The second kappa shape index (κ2) is 13.6. The summed E-state index contributed by atoms with van der Waals surface area (Å²) in [6.07, 6.45) is 0. The number of benzene rings is 5. The number of hydrogen-bond donors (Lipinski definition) is 5. The minimum absolute atomic E-state index is 0. The van der Waals surface area contributed by atoms with Gasteiger partial charge in [-0.15, -0.1) is 0 Å². The zero-order valence-electron chi connectivity index (χ0n) is 27.4. The van der Waals surface area contributed by atoms with Crippen LogP contribution in [0.5, 0.6) is 28.7 Å². The van der Waals surface area contributed by atoms with Gasteiger partial charge in [-0.2, -0.15) is 0 Å². The molecule has 0 unspecified atom stereocenters. The quantitative estimate of drug-likeness (QED) is 0.135. The monoisotopic (exact) mass is 620 g/mol. The SMILES string of the molecule is C.Cc1cc(C(C)(C)c2ccc(O)cc2)cc(C)c1O.Cc1cccc(-c2cc(C(C)(C)c3ccc(O)cc3)cc(C)c2O)c1O. The maximum atomic E-state index is 10.6. The van der Waals surface area contributed by atoms with E-state index in [0.717, 1.165) is 44.5 Å². The van der Waals surface area contributed by atoms with Crippen molar-refractivity contribution in [2.45, 2.75) is 73.6 Å². The van der Waals surface area contributed by atoms with E-state index < -0.39 is 0 Å². The van der Waals surface area contributed by atoms with Crippen molar-refractivity contribution in [2.75, 3.05) is 0 Å². The van der Waals surface area contributed by atoms with E-state index in [1.165, 1.54) is 0 Å². The predicted octanol–water partition coefficient (Wildman–Crippen LogP) is 10.1. The van der Waals surface area contributed by atoms with Crippen molar-refractivity contribution in [3.8, 4) is 39.9 Å². The fraction of sp³-hybridized carbons (Fsp3) is 0.268. The average molecular weight is 621 g/mol. The zero-order valence-corrected chi connectivity index (χ0v) is 27.4. The summed E-state index contributed by atoms with van der Waals surface area (Å²) >= 11 is 0. The summed E-state index contributed by atoms with van der Waals surface area (Å²) < 4.78 is 0. The molecule has 5 N–H and O–H groups in total. The lowest BCUT2D eigenvalue weighted by atomic mass is 9.76. The van der Waals surface area contributed by atoms with Gasteiger partial charge in [0.15, 0.2) is 0 Å².